The third kappa shape index (κ3) is 40.1. The third-order valence-corrected chi connectivity index (χ3v) is 1.21. The van der Waals surface area contributed by atoms with E-state index in [-0.39, 0.29) is 0 Å². The molecule has 0 aliphatic carbocycles. The van der Waals surface area contributed by atoms with E-state index in [4.69, 9.17) is 33.3 Å². The van der Waals surface area contributed by atoms with Crippen LogP contribution in [-0.2, 0) is 0 Å². The van der Waals surface area contributed by atoms with Crippen molar-refractivity contribution in [3.63, 3.8) is 0 Å². The van der Waals surface area contributed by atoms with Crippen LogP contribution in [0.15, 0.2) is 0 Å². The summed E-state index contributed by atoms with van der Waals surface area (Å²) in [5, 5.41) is 0. The van der Waals surface area contributed by atoms with Crippen LogP contribution >= 0.6 is 33.3 Å². The second-order valence-corrected chi connectivity index (χ2v) is 35.9. The van der Waals surface area contributed by atoms with Crippen LogP contribution in [-0.4, -0.2) is 16.3 Å². The van der Waals surface area contributed by atoms with E-state index in [1.165, 1.54) is 32.1 Å². The molecule has 12 heavy (non-hydrogen) atoms. The summed E-state index contributed by atoms with van der Waals surface area (Å²) in [6, 6.07) is 0. The Kier molecular flexibility index (Phi) is 15.4. The molecule has 0 aromatic carbocycles. The quantitative estimate of drug-likeness (QED) is 0.401. The van der Waals surface area contributed by atoms with E-state index in [0.717, 1.165) is 0 Å². The first-order valence-electron chi connectivity index (χ1n) is 4.17. The maximum atomic E-state index is 5.05. The molecule has 0 unspecified atom stereocenters. The van der Waals surface area contributed by atoms with Gasteiger partial charge in [0.25, 0.3) is 0 Å². The fourth-order valence-electron chi connectivity index (χ4n) is 0.677. The van der Waals surface area contributed by atoms with Crippen molar-refractivity contribution in [2.75, 3.05) is 0 Å². The van der Waals surface area contributed by atoms with Gasteiger partial charge in [-0.05, 0) is 0 Å². The number of hydrogen-bond donors (Lipinski definition) is 0. The second kappa shape index (κ2) is 11.2. The maximum absolute atomic E-state index is 5.05. The van der Waals surface area contributed by atoms with Crippen molar-refractivity contribution < 1.29 is 0 Å². The van der Waals surface area contributed by atoms with Gasteiger partial charge in [-0.1, -0.05) is 46.0 Å². The monoisotopic (exact) mass is 448 g/mol. The molecule has 0 heterocycles. The number of halogens is 4. The van der Waals surface area contributed by atoms with E-state index in [2.05, 4.69) is 13.8 Å². The molecule has 0 amide bonds. The van der Waals surface area contributed by atoms with Gasteiger partial charge in [0, 0.05) is 0 Å². The Morgan fingerprint density at radius 3 is 1.17 bits per heavy atom. The zero-order valence-electron chi connectivity index (χ0n) is 7.55. The van der Waals surface area contributed by atoms with E-state index in [1.54, 1.807) is 0 Å². The van der Waals surface area contributed by atoms with Crippen LogP contribution in [0, 0.1) is 0 Å². The first-order valence-corrected chi connectivity index (χ1v) is 23.3. The molecule has 0 N–H and O–H groups in total. The molecule has 0 aromatic rings. The van der Waals surface area contributed by atoms with Crippen molar-refractivity contribution in [1.82, 2.24) is 0 Å². The summed E-state index contributed by atoms with van der Waals surface area (Å²) in [5.74, 6) is 0. The molecule has 0 aliphatic rings. The molecule has 0 saturated carbocycles. The molecular formula is C7H16Cl4Pb. The van der Waals surface area contributed by atoms with Crippen molar-refractivity contribution >= 4 is 49.5 Å². The molecule has 0 rings (SSSR count). The van der Waals surface area contributed by atoms with Crippen LogP contribution in [0.25, 0.3) is 0 Å². The second-order valence-electron chi connectivity index (χ2n) is 2.49. The minimum atomic E-state index is -3.39. The number of unbranched alkanes of at least 4 members (excludes halogenated alkanes) is 4. The Balaban J connectivity index is 0. The Morgan fingerprint density at radius 2 is 1.00 bits per heavy atom. The molecule has 0 aromatic heterocycles. The zero-order chi connectivity index (χ0) is 10.0. The van der Waals surface area contributed by atoms with E-state index < -0.39 is 16.3 Å². The van der Waals surface area contributed by atoms with E-state index >= 15 is 0 Å². The molecule has 0 saturated heterocycles. The number of rotatable bonds is 4. The van der Waals surface area contributed by atoms with Gasteiger partial charge in [-0.3, -0.25) is 0 Å². The van der Waals surface area contributed by atoms with Crippen LogP contribution in [0.1, 0.15) is 46.0 Å². The van der Waals surface area contributed by atoms with Gasteiger partial charge in [-0.25, -0.2) is 0 Å². The van der Waals surface area contributed by atoms with Crippen LogP contribution in [0.2, 0.25) is 0 Å². The molecule has 0 radical (unpaired) electrons. The molecular weight excluding hydrogens is 433 g/mol. The summed E-state index contributed by atoms with van der Waals surface area (Å²) in [6.07, 6.45) is 7.01. The molecule has 0 spiro atoms. The van der Waals surface area contributed by atoms with E-state index in [0.29, 0.717) is 0 Å². The molecule has 5 heteroatoms. The minimum absolute atomic E-state index is 1.36. The molecule has 76 valence electrons. The Hall–Kier alpha value is 2.08. The predicted molar refractivity (Wildman–Crippen MR) is 63.6 cm³/mol. The van der Waals surface area contributed by atoms with Crippen molar-refractivity contribution in [3.8, 4) is 0 Å². The van der Waals surface area contributed by atoms with Gasteiger partial charge in [0.2, 0.25) is 0 Å². The fourth-order valence-corrected chi connectivity index (χ4v) is 0.677. The average molecular weight is 449 g/mol. The van der Waals surface area contributed by atoms with Gasteiger partial charge >= 0.3 is 49.5 Å². The number of hydrogen-bond acceptors (Lipinski definition) is 0. The average Bonchev–Trinajstić information content (AvgIpc) is 1.85. The van der Waals surface area contributed by atoms with Crippen LogP contribution < -0.4 is 0 Å². The van der Waals surface area contributed by atoms with Crippen molar-refractivity contribution in [1.29, 1.82) is 0 Å². The normalized spacial score (nSPS) is 10.5. The zero-order valence-corrected chi connectivity index (χ0v) is 14.5. The summed E-state index contributed by atoms with van der Waals surface area (Å²) in [7, 11) is 20.2. The van der Waals surface area contributed by atoms with Crippen LogP contribution in [0.3, 0.4) is 0 Å². The van der Waals surface area contributed by atoms with Crippen molar-refractivity contribution in [2.45, 2.75) is 46.0 Å². The standard InChI is InChI=1S/C7H16.4ClH.Pb/c1-3-5-7-6-4-2;;;;;/h3-7H2,1-2H3;4*1H;/q;;;;;+4/p-4. The fraction of sp³-hybridized carbons (Fsp3) is 1.00. The molecule has 0 fully saturated rings. The summed E-state index contributed by atoms with van der Waals surface area (Å²) in [4.78, 5) is 0. The first-order chi connectivity index (χ1) is 5.41. The molecule has 0 nitrogen and oxygen atoms in total. The topological polar surface area (TPSA) is 0 Å². The van der Waals surface area contributed by atoms with Gasteiger partial charge in [0.15, 0.2) is 0 Å². The van der Waals surface area contributed by atoms with Gasteiger partial charge < -0.3 is 0 Å². The Labute approximate surface area is 94.4 Å². The Morgan fingerprint density at radius 1 is 0.750 bits per heavy atom. The summed E-state index contributed by atoms with van der Waals surface area (Å²) >= 11 is -3.39. The van der Waals surface area contributed by atoms with Crippen LogP contribution in [0.4, 0.5) is 0 Å². The van der Waals surface area contributed by atoms with Gasteiger partial charge in [0.1, 0.15) is 0 Å². The van der Waals surface area contributed by atoms with Crippen molar-refractivity contribution in [3.05, 3.63) is 0 Å². The van der Waals surface area contributed by atoms with E-state index in [1.807, 2.05) is 0 Å². The third-order valence-electron chi connectivity index (χ3n) is 1.21. The SMILES string of the molecule is CCCCCCC.[Cl][Pb]([Cl])([Cl])[Cl]. The Bertz CT molecular complexity index is 72.0. The summed E-state index contributed by atoms with van der Waals surface area (Å²) in [5.41, 5.74) is 0. The molecule has 0 aliphatic heterocycles. The van der Waals surface area contributed by atoms with Gasteiger partial charge in [-0.15, -0.1) is 0 Å². The van der Waals surface area contributed by atoms with Crippen LogP contribution in [0.5, 0.6) is 0 Å². The first kappa shape index (κ1) is 16.5. The summed E-state index contributed by atoms with van der Waals surface area (Å²) < 4.78 is 0. The summed E-state index contributed by atoms with van der Waals surface area (Å²) in [6.45, 7) is 4.49. The van der Waals surface area contributed by atoms with Gasteiger partial charge in [-0.2, -0.15) is 0 Å². The van der Waals surface area contributed by atoms with E-state index in [9.17, 15) is 0 Å². The van der Waals surface area contributed by atoms with Crippen molar-refractivity contribution in [2.24, 2.45) is 0 Å². The molecule has 0 bridgehead atoms. The molecule has 0 atom stereocenters. The predicted octanol–water partition coefficient (Wildman–Crippen LogP) is 5.35. The van der Waals surface area contributed by atoms with Gasteiger partial charge in [0.05, 0.1) is 0 Å².